The van der Waals surface area contributed by atoms with Crippen LogP contribution in [-0.2, 0) is 15.0 Å². The number of carbonyl (C=O) groups excluding carboxylic acids is 2. The standard InChI is InChI=1S/C26H26N2O4S/c1-5-32-19-8-6-7-17(15-19)22(29)20-21(16-9-11-18(12-10-16)26(2,3)4)28(24(31)23(20)30)25-27-13-14-33-25/h6-15,21,29H,5H2,1-4H3/b22-20+. The van der Waals surface area contributed by atoms with Crippen LogP contribution in [0.15, 0.2) is 65.7 Å². The van der Waals surface area contributed by atoms with Crippen LogP contribution < -0.4 is 9.64 Å². The first-order valence-electron chi connectivity index (χ1n) is 10.8. The van der Waals surface area contributed by atoms with Crippen LogP contribution in [0.2, 0.25) is 0 Å². The van der Waals surface area contributed by atoms with Gasteiger partial charge in [-0.15, -0.1) is 11.3 Å². The molecule has 1 aliphatic heterocycles. The van der Waals surface area contributed by atoms with E-state index in [2.05, 4.69) is 25.8 Å². The molecule has 0 spiro atoms. The molecule has 2 aromatic carbocycles. The highest BCUT2D eigenvalue weighted by Crippen LogP contribution is 2.43. The van der Waals surface area contributed by atoms with Gasteiger partial charge in [0.2, 0.25) is 0 Å². The molecule has 6 nitrogen and oxygen atoms in total. The number of Topliss-reactive ketones (excluding diaryl/α,β-unsaturated/α-hetero) is 1. The van der Waals surface area contributed by atoms with Gasteiger partial charge in [-0.1, -0.05) is 57.2 Å². The third-order valence-corrected chi connectivity index (χ3v) is 6.35. The highest BCUT2D eigenvalue weighted by atomic mass is 32.1. The first kappa shape index (κ1) is 22.7. The fourth-order valence-electron chi connectivity index (χ4n) is 3.90. The molecule has 1 fully saturated rings. The molecule has 33 heavy (non-hydrogen) atoms. The molecule has 1 aromatic heterocycles. The van der Waals surface area contributed by atoms with Gasteiger partial charge in [0.05, 0.1) is 18.2 Å². The largest absolute Gasteiger partial charge is 0.507 e. The monoisotopic (exact) mass is 462 g/mol. The molecule has 0 radical (unpaired) electrons. The molecule has 1 unspecified atom stereocenters. The van der Waals surface area contributed by atoms with E-state index < -0.39 is 17.7 Å². The summed E-state index contributed by atoms with van der Waals surface area (Å²) < 4.78 is 5.54. The van der Waals surface area contributed by atoms with E-state index in [1.165, 1.54) is 16.2 Å². The average molecular weight is 463 g/mol. The molecule has 170 valence electrons. The van der Waals surface area contributed by atoms with Gasteiger partial charge in [-0.25, -0.2) is 4.98 Å². The van der Waals surface area contributed by atoms with Crippen molar-refractivity contribution >= 4 is 33.9 Å². The maximum absolute atomic E-state index is 13.2. The molecule has 0 bridgehead atoms. The van der Waals surface area contributed by atoms with E-state index in [1.54, 1.807) is 35.8 Å². The van der Waals surface area contributed by atoms with Gasteiger partial charge >= 0.3 is 5.91 Å². The number of aromatic nitrogens is 1. The Morgan fingerprint density at radius 3 is 2.48 bits per heavy atom. The third kappa shape index (κ3) is 4.28. The van der Waals surface area contributed by atoms with Gasteiger partial charge in [0.1, 0.15) is 11.5 Å². The highest BCUT2D eigenvalue weighted by Gasteiger charge is 2.48. The second-order valence-corrected chi connectivity index (χ2v) is 9.69. The molecule has 1 amide bonds. The van der Waals surface area contributed by atoms with Crippen LogP contribution in [0, 0.1) is 0 Å². The smallest absolute Gasteiger partial charge is 0.301 e. The fraction of sp³-hybridized carbons (Fsp3) is 0.269. The van der Waals surface area contributed by atoms with Crippen LogP contribution in [0.3, 0.4) is 0 Å². The van der Waals surface area contributed by atoms with Crippen LogP contribution in [-0.4, -0.2) is 28.4 Å². The first-order chi connectivity index (χ1) is 15.7. The number of aliphatic hydroxyl groups is 1. The number of anilines is 1. The van der Waals surface area contributed by atoms with Gasteiger partial charge in [-0.05, 0) is 35.6 Å². The lowest BCUT2D eigenvalue weighted by atomic mass is 9.85. The Balaban J connectivity index is 1.89. The van der Waals surface area contributed by atoms with E-state index in [1.807, 2.05) is 31.2 Å². The van der Waals surface area contributed by atoms with Crippen molar-refractivity contribution in [2.75, 3.05) is 11.5 Å². The normalized spacial score (nSPS) is 18.1. The fourth-order valence-corrected chi connectivity index (χ4v) is 4.57. The van der Waals surface area contributed by atoms with Crippen molar-refractivity contribution in [1.29, 1.82) is 0 Å². The van der Waals surface area contributed by atoms with E-state index in [4.69, 9.17) is 4.74 Å². The molecule has 3 aromatic rings. The second-order valence-electron chi connectivity index (χ2n) is 8.82. The van der Waals surface area contributed by atoms with Crippen molar-refractivity contribution in [3.8, 4) is 5.75 Å². The lowest BCUT2D eigenvalue weighted by Gasteiger charge is -2.24. The van der Waals surface area contributed by atoms with Gasteiger partial charge in [0.25, 0.3) is 5.78 Å². The molecular weight excluding hydrogens is 436 g/mol. The van der Waals surface area contributed by atoms with Crippen molar-refractivity contribution in [2.24, 2.45) is 0 Å². The summed E-state index contributed by atoms with van der Waals surface area (Å²) in [6.45, 7) is 8.70. The summed E-state index contributed by atoms with van der Waals surface area (Å²) in [6, 6.07) is 13.9. The first-order valence-corrected chi connectivity index (χ1v) is 11.6. The topological polar surface area (TPSA) is 79.7 Å². The third-order valence-electron chi connectivity index (χ3n) is 5.58. The second kappa shape index (κ2) is 8.83. The zero-order chi connectivity index (χ0) is 23.8. The maximum Gasteiger partial charge on any atom is 0.301 e. The van der Waals surface area contributed by atoms with E-state index in [0.717, 1.165) is 11.1 Å². The van der Waals surface area contributed by atoms with Crippen molar-refractivity contribution in [2.45, 2.75) is 39.2 Å². The quantitative estimate of drug-likeness (QED) is 0.309. The Bertz CT molecular complexity index is 1210. The van der Waals surface area contributed by atoms with E-state index in [9.17, 15) is 14.7 Å². The Labute approximate surface area is 197 Å². The minimum Gasteiger partial charge on any atom is -0.507 e. The summed E-state index contributed by atoms with van der Waals surface area (Å²) in [5.41, 5.74) is 2.25. The SMILES string of the molecule is CCOc1cccc(/C(O)=C2\C(=O)C(=O)N(c3nccs3)C2c2ccc(C(C)(C)C)cc2)c1. The van der Waals surface area contributed by atoms with Crippen LogP contribution >= 0.6 is 11.3 Å². The lowest BCUT2D eigenvalue weighted by molar-refractivity contribution is -0.132. The summed E-state index contributed by atoms with van der Waals surface area (Å²) in [5, 5.41) is 13.4. The van der Waals surface area contributed by atoms with Crippen LogP contribution in [0.1, 0.15) is 50.4 Å². The molecule has 2 heterocycles. The van der Waals surface area contributed by atoms with Crippen LogP contribution in [0.5, 0.6) is 5.75 Å². The number of benzene rings is 2. The molecule has 1 aliphatic rings. The Morgan fingerprint density at radius 1 is 1.15 bits per heavy atom. The minimum atomic E-state index is -0.791. The highest BCUT2D eigenvalue weighted by molar-refractivity contribution is 7.14. The Kier molecular flexibility index (Phi) is 6.08. The van der Waals surface area contributed by atoms with Crippen LogP contribution in [0.25, 0.3) is 5.76 Å². The number of aliphatic hydroxyl groups excluding tert-OH is 1. The summed E-state index contributed by atoms with van der Waals surface area (Å²) in [5.74, 6) is -1.12. The van der Waals surface area contributed by atoms with E-state index >= 15 is 0 Å². The number of ether oxygens (including phenoxy) is 1. The number of thiazole rings is 1. The Morgan fingerprint density at radius 2 is 1.88 bits per heavy atom. The lowest BCUT2D eigenvalue weighted by Crippen LogP contribution is -2.29. The van der Waals surface area contributed by atoms with Gasteiger partial charge in [0, 0.05) is 17.1 Å². The molecule has 7 heteroatoms. The zero-order valence-corrected chi connectivity index (χ0v) is 19.8. The number of amides is 1. The number of rotatable bonds is 5. The van der Waals surface area contributed by atoms with E-state index in [-0.39, 0.29) is 16.7 Å². The molecule has 1 N–H and O–H groups in total. The maximum atomic E-state index is 13.2. The average Bonchev–Trinajstić information content (AvgIpc) is 3.40. The summed E-state index contributed by atoms with van der Waals surface area (Å²) >= 11 is 1.27. The number of hydrogen-bond donors (Lipinski definition) is 1. The van der Waals surface area contributed by atoms with Gasteiger partial charge in [-0.2, -0.15) is 0 Å². The predicted octanol–water partition coefficient (Wildman–Crippen LogP) is 5.47. The number of carbonyl (C=O) groups is 2. The Hall–Kier alpha value is -3.45. The molecule has 4 rings (SSSR count). The van der Waals surface area contributed by atoms with Crippen molar-refractivity contribution in [3.05, 3.63) is 82.4 Å². The van der Waals surface area contributed by atoms with Crippen molar-refractivity contribution < 1.29 is 19.4 Å². The molecule has 1 atom stereocenters. The zero-order valence-electron chi connectivity index (χ0n) is 19.0. The summed E-state index contributed by atoms with van der Waals surface area (Å²) in [6.07, 6.45) is 1.59. The van der Waals surface area contributed by atoms with Gasteiger partial charge < -0.3 is 9.84 Å². The summed E-state index contributed by atoms with van der Waals surface area (Å²) in [7, 11) is 0. The molecule has 0 aliphatic carbocycles. The summed E-state index contributed by atoms with van der Waals surface area (Å²) in [4.78, 5) is 31.9. The van der Waals surface area contributed by atoms with E-state index in [0.29, 0.717) is 23.1 Å². The van der Waals surface area contributed by atoms with Gasteiger partial charge in [0.15, 0.2) is 5.13 Å². The molecular formula is C26H26N2O4S. The minimum absolute atomic E-state index is 0.0346. The van der Waals surface area contributed by atoms with Crippen molar-refractivity contribution in [1.82, 2.24) is 4.98 Å². The number of nitrogens with zero attached hydrogens (tertiary/aromatic N) is 2. The van der Waals surface area contributed by atoms with Gasteiger partial charge in [-0.3, -0.25) is 14.5 Å². The predicted molar refractivity (Wildman–Crippen MR) is 130 cm³/mol. The number of hydrogen-bond acceptors (Lipinski definition) is 6. The van der Waals surface area contributed by atoms with Crippen LogP contribution in [0.4, 0.5) is 5.13 Å². The molecule has 0 saturated carbocycles. The van der Waals surface area contributed by atoms with Crippen molar-refractivity contribution in [3.63, 3.8) is 0 Å². The number of ketones is 1. The molecule has 1 saturated heterocycles.